The van der Waals surface area contributed by atoms with Gasteiger partial charge in [0.1, 0.15) is 5.60 Å². The van der Waals surface area contributed by atoms with Crippen LogP contribution in [0.3, 0.4) is 0 Å². The number of benzene rings is 2. The Bertz CT molecular complexity index is 867. The third kappa shape index (κ3) is 2.66. The molecule has 1 aliphatic carbocycles. The fourth-order valence-corrected chi connectivity index (χ4v) is 6.26. The van der Waals surface area contributed by atoms with Crippen LogP contribution in [0.15, 0.2) is 60.7 Å². The monoisotopic (exact) mass is 394 g/mol. The van der Waals surface area contributed by atoms with Crippen molar-refractivity contribution in [3.63, 3.8) is 0 Å². The SMILES string of the molecule is CC1(C)C[C@@H](O)[C@]23CO[C@H](c4ccccc4)C(CCC2O1)[C@@]3(O)c1ccccc1. The fourth-order valence-electron chi connectivity index (χ4n) is 6.26. The summed E-state index contributed by atoms with van der Waals surface area (Å²) in [6.07, 6.45) is 0.897. The maximum atomic E-state index is 12.6. The van der Waals surface area contributed by atoms with Crippen molar-refractivity contribution in [2.45, 2.75) is 62.6 Å². The summed E-state index contributed by atoms with van der Waals surface area (Å²) in [7, 11) is 0. The van der Waals surface area contributed by atoms with Gasteiger partial charge in [-0.1, -0.05) is 60.7 Å². The van der Waals surface area contributed by atoms with Crippen LogP contribution in [0.25, 0.3) is 0 Å². The number of aliphatic hydroxyl groups excluding tert-OH is 1. The molecule has 2 aliphatic heterocycles. The first-order chi connectivity index (χ1) is 13.9. The minimum absolute atomic E-state index is 0.156. The van der Waals surface area contributed by atoms with Crippen LogP contribution in [0.2, 0.25) is 0 Å². The molecule has 2 aromatic rings. The first-order valence-corrected chi connectivity index (χ1v) is 10.7. The number of hydrogen-bond donors (Lipinski definition) is 2. The van der Waals surface area contributed by atoms with Crippen LogP contribution in [-0.4, -0.2) is 34.6 Å². The summed E-state index contributed by atoms with van der Waals surface area (Å²) >= 11 is 0. The molecule has 2 bridgehead atoms. The van der Waals surface area contributed by atoms with E-state index in [1.165, 1.54) is 0 Å². The van der Waals surface area contributed by atoms with Crippen molar-refractivity contribution in [2.24, 2.45) is 11.3 Å². The van der Waals surface area contributed by atoms with Crippen LogP contribution in [0.4, 0.5) is 0 Å². The van der Waals surface area contributed by atoms with Gasteiger partial charge in [-0.05, 0) is 37.8 Å². The van der Waals surface area contributed by atoms with E-state index in [9.17, 15) is 10.2 Å². The van der Waals surface area contributed by atoms with Gasteiger partial charge in [-0.25, -0.2) is 0 Å². The van der Waals surface area contributed by atoms with E-state index in [1.54, 1.807) is 0 Å². The summed E-state index contributed by atoms with van der Waals surface area (Å²) in [5.74, 6) is -0.156. The second-order valence-electron chi connectivity index (χ2n) is 9.59. The van der Waals surface area contributed by atoms with E-state index >= 15 is 0 Å². The lowest BCUT2D eigenvalue weighted by Gasteiger charge is -2.67. The van der Waals surface area contributed by atoms with E-state index < -0.39 is 22.7 Å². The summed E-state index contributed by atoms with van der Waals surface area (Å²) in [5.41, 5.74) is -0.604. The molecule has 3 aliphatic rings. The summed E-state index contributed by atoms with van der Waals surface area (Å²) in [4.78, 5) is 0. The van der Waals surface area contributed by atoms with Crippen molar-refractivity contribution in [1.29, 1.82) is 0 Å². The van der Waals surface area contributed by atoms with Crippen molar-refractivity contribution in [2.75, 3.05) is 6.61 Å². The largest absolute Gasteiger partial charge is 0.392 e. The molecule has 1 saturated carbocycles. The molecule has 3 fully saturated rings. The van der Waals surface area contributed by atoms with Crippen molar-refractivity contribution in [3.8, 4) is 0 Å². The molecular weight excluding hydrogens is 364 g/mol. The smallest absolute Gasteiger partial charge is 0.108 e. The number of aliphatic hydroxyl groups is 2. The average molecular weight is 395 g/mol. The molecule has 2 N–H and O–H groups in total. The Morgan fingerprint density at radius 3 is 2.28 bits per heavy atom. The van der Waals surface area contributed by atoms with E-state index in [1.807, 2.05) is 62.4 Å². The second-order valence-corrected chi connectivity index (χ2v) is 9.59. The second kappa shape index (κ2) is 6.64. The Morgan fingerprint density at radius 1 is 0.931 bits per heavy atom. The molecule has 6 atom stereocenters. The van der Waals surface area contributed by atoms with Crippen molar-refractivity contribution in [3.05, 3.63) is 71.8 Å². The first-order valence-electron chi connectivity index (χ1n) is 10.7. The zero-order chi connectivity index (χ0) is 20.3. The van der Waals surface area contributed by atoms with Crippen LogP contribution < -0.4 is 0 Å². The predicted molar refractivity (Wildman–Crippen MR) is 110 cm³/mol. The zero-order valence-corrected chi connectivity index (χ0v) is 17.1. The van der Waals surface area contributed by atoms with Gasteiger partial charge >= 0.3 is 0 Å². The van der Waals surface area contributed by atoms with Gasteiger partial charge in [0.05, 0.1) is 35.9 Å². The topological polar surface area (TPSA) is 58.9 Å². The number of hydrogen-bond acceptors (Lipinski definition) is 4. The minimum Gasteiger partial charge on any atom is -0.392 e. The summed E-state index contributed by atoms with van der Waals surface area (Å²) in [6.45, 7) is 4.32. The number of rotatable bonds is 2. The Labute approximate surface area is 172 Å². The third-order valence-electron chi connectivity index (χ3n) is 7.51. The highest BCUT2D eigenvalue weighted by molar-refractivity contribution is 5.34. The Morgan fingerprint density at radius 2 is 1.59 bits per heavy atom. The predicted octanol–water partition coefficient (Wildman–Crippen LogP) is 3.97. The molecule has 0 radical (unpaired) electrons. The molecule has 2 unspecified atom stereocenters. The summed E-state index contributed by atoms with van der Waals surface area (Å²) < 4.78 is 12.9. The summed E-state index contributed by atoms with van der Waals surface area (Å²) in [6, 6.07) is 20.0. The lowest BCUT2D eigenvalue weighted by Crippen LogP contribution is -2.74. The lowest BCUT2D eigenvalue weighted by atomic mass is 9.48. The third-order valence-corrected chi connectivity index (χ3v) is 7.51. The van der Waals surface area contributed by atoms with Gasteiger partial charge in [0, 0.05) is 12.3 Å². The molecular formula is C25H30O4. The van der Waals surface area contributed by atoms with Crippen LogP contribution in [0, 0.1) is 11.3 Å². The van der Waals surface area contributed by atoms with Crippen molar-refractivity contribution >= 4 is 0 Å². The van der Waals surface area contributed by atoms with E-state index in [0.29, 0.717) is 6.42 Å². The van der Waals surface area contributed by atoms with Gasteiger partial charge in [-0.2, -0.15) is 0 Å². The van der Waals surface area contributed by atoms with Gasteiger partial charge in [0.25, 0.3) is 0 Å². The fraction of sp³-hybridized carbons (Fsp3) is 0.520. The van der Waals surface area contributed by atoms with E-state index in [2.05, 4.69) is 12.1 Å². The molecule has 29 heavy (non-hydrogen) atoms. The van der Waals surface area contributed by atoms with E-state index in [-0.39, 0.29) is 24.7 Å². The minimum atomic E-state index is -1.23. The molecule has 2 saturated heterocycles. The maximum absolute atomic E-state index is 12.6. The van der Waals surface area contributed by atoms with Gasteiger partial charge < -0.3 is 19.7 Å². The van der Waals surface area contributed by atoms with Gasteiger partial charge in [0.2, 0.25) is 0 Å². The standard InChI is InChI=1S/C25H30O4/c1-23(2)15-20(26)24-16-28-22(17-9-5-3-6-10-17)19(13-14-21(24)29-23)25(24,27)18-11-7-4-8-12-18/h3-12,19-22,26-27H,13-16H2,1-2H3/t19?,20-,21?,22-,24-,25+/m1/s1. The first kappa shape index (κ1) is 19.3. The van der Waals surface area contributed by atoms with Crippen LogP contribution in [0.5, 0.6) is 0 Å². The van der Waals surface area contributed by atoms with E-state index in [0.717, 1.165) is 24.0 Å². The van der Waals surface area contributed by atoms with Crippen LogP contribution in [0.1, 0.15) is 50.3 Å². The molecule has 5 rings (SSSR count). The van der Waals surface area contributed by atoms with Crippen LogP contribution >= 0.6 is 0 Å². The van der Waals surface area contributed by atoms with E-state index in [4.69, 9.17) is 9.47 Å². The maximum Gasteiger partial charge on any atom is 0.108 e. The van der Waals surface area contributed by atoms with Crippen molar-refractivity contribution in [1.82, 2.24) is 0 Å². The normalized spacial score (nSPS) is 40.8. The van der Waals surface area contributed by atoms with Crippen LogP contribution in [-0.2, 0) is 15.1 Å². The zero-order valence-electron chi connectivity index (χ0n) is 17.1. The quantitative estimate of drug-likeness (QED) is 0.809. The summed E-state index contributed by atoms with van der Waals surface area (Å²) in [5, 5.41) is 24.0. The molecule has 2 aromatic carbocycles. The van der Waals surface area contributed by atoms with Gasteiger partial charge in [-0.3, -0.25) is 0 Å². The molecule has 0 aromatic heterocycles. The Balaban J connectivity index is 1.68. The molecule has 154 valence electrons. The Hall–Kier alpha value is -1.72. The molecule has 2 heterocycles. The van der Waals surface area contributed by atoms with Crippen molar-refractivity contribution < 1.29 is 19.7 Å². The molecule has 1 spiro atoms. The number of fused-ring (bicyclic) bond motifs is 1. The average Bonchev–Trinajstić information content (AvgIpc) is 2.70. The highest BCUT2D eigenvalue weighted by atomic mass is 16.5. The number of ether oxygens (including phenoxy) is 2. The molecule has 4 nitrogen and oxygen atoms in total. The highest BCUT2D eigenvalue weighted by Gasteiger charge is 2.72. The van der Waals surface area contributed by atoms with Gasteiger partial charge in [-0.15, -0.1) is 0 Å². The highest BCUT2D eigenvalue weighted by Crippen LogP contribution is 2.65. The van der Waals surface area contributed by atoms with Gasteiger partial charge in [0.15, 0.2) is 0 Å². The molecule has 0 amide bonds. The Kier molecular flexibility index (Phi) is 4.41. The lowest BCUT2D eigenvalue weighted by molar-refractivity contribution is -0.363. The molecule has 4 heteroatoms.